The largest absolute Gasteiger partial charge is 0.496 e. The quantitative estimate of drug-likeness (QED) is 0.465. The van der Waals surface area contributed by atoms with Gasteiger partial charge in [0.1, 0.15) is 17.6 Å². The maximum atomic E-state index is 14.1. The molecule has 202 valence electrons. The summed E-state index contributed by atoms with van der Waals surface area (Å²) in [5.74, 6) is -0.208. The number of aromatic nitrogens is 1. The number of Topliss-reactive ketones (excluding diaryl/α,β-unsaturated/α-hetero) is 1. The molecular formula is C32H34N2O5. The standard InChI is InChI=1S/C32H34N2O5/c1-19-29(32(36)39-21-12-15-38-16-13-21)30(24-8-5-10-25-23(24)9-6-14-33-25)31-26(34-19)17-20(18-27(31)35)22-7-3-4-11-28(22)37-2/h3-11,14,20-21,26,30-31,34H,12-13,15-18H2,1-2H3/t20-,26?,30-,31?/m1/s1. The molecule has 3 heterocycles. The van der Waals surface area contributed by atoms with E-state index in [1.165, 1.54) is 0 Å². The van der Waals surface area contributed by atoms with E-state index in [-0.39, 0.29) is 29.8 Å². The molecule has 1 saturated heterocycles. The summed E-state index contributed by atoms with van der Waals surface area (Å²) >= 11 is 0. The van der Waals surface area contributed by atoms with Gasteiger partial charge in [-0.25, -0.2) is 4.79 Å². The summed E-state index contributed by atoms with van der Waals surface area (Å²) in [7, 11) is 1.67. The number of carbonyl (C=O) groups excluding carboxylic acids is 2. The third-order valence-corrected chi connectivity index (χ3v) is 8.52. The first-order valence-electron chi connectivity index (χ1n) is 13.8. The summed E-state index contributed by atoms with van der Waals surface area (Å²) in [6.07, 6.45) is 4.10. The Morgan fingerprint density at radius 2 is 1.82 bits per heavy atom. The SMILES string of the molecule is COc1ccccc1[C@H]1CC(=O)C2C(C1)NC(C)=C(C(=O)OC1CCOCC1)[C@H]2c1cccc2ncccc12. The van der Waals surface area contributed by atoms with E-state index in [4.69, 9.17) is 14.2 Å². The van der Waals surface area contributed by atoms with Gasteiger partial charge in [-0.3, -0.25) is 9.78 Å². The number of hydrogen-bond donors (Lipinski definition) is 1. The Labute approximate surface area is 228 Å². The molecule has 6 rings (SSSR count). The molecule has 2 aliphatic heterocycles. The van der Waals surface area contributed by atoms with Crippen molar-refractivity contribution in [2.45, 2.75) is 56.6 Å². The lowest BCUT2D eigenvalue weighted by Gasteiger charge is -2.45. The fourth-order valence-corrected chi connectivity index (χ4v) is 6.75. The predicted octanol–water partition coefficient (Wildman–Crippen LogP) is 5.06. The van der Waals surface area contributed by atoms with Crippen LogP contribution in [0, 0.1) is 5.92 Å². The third-order valence-electron chi connectivity index (χ3n) is 8.52. The summed E-state index contributed by atoms with van der Waals surface area (Å²) in [6.45, 7) is 3.10. The number of para-hydroxylation sites is 1. The zero-order chi connectivity index (χ0) is 26.9. The van der Waals surface area contributed by atoms with Gasteiger partial charge in [-0.2, -0.15) is 0 Å². The van der Waals surface area contributed by atoms with Gasteiger partial charge in [-0.1, -0.05) is 36.4 Å². The molecule has 3 aromatic rings. The van der Waals surface area contributed by atoms with E-state index >= 15 is 0 Å². The molecule has 1 N–H and O–H groups in total. The van der Waals surface area contributed by atoms with Gasteiger partial charge in [-0.15, -0.1) is 0 Å². The molecule has 0 bridgehead atoms. The van der Waals surface area contributed by atoms with E-state index in [0.29, 0.717) is 38.0 Å². The predicted molar refractivity (Wildman–Crippen MR) is 148 cm³/mol. The van der Waals surface area contributed by atoms with Crippen molar-refractivity contribution in [3.8, 4) is 5.75 Å². The molecule has 39 heavy (non-hydrogen) atoms. The first-order valence-corrected chi connectivity index (χ1v) is 13.8. The number of hydrogen-bond acceptors (Lipinski definition) is 7. The number of ketones is 1. The lowest BCUT2D eigenvalue weighted by Crippen LogP contribution is -2.52. The zero-order valence-corrected chi connectivity index (χ0v) is 22.4. The number of carbonyl (C=O) groups is 2. The van der Waals surface area contributed by atoms with E-state index in [9.17, 15) is 9.59 Å². The highest BCUT2D eigenvalue weighted by Gasteiger charge is 2.49. The number of nitrogens with one attached hydrogen (secondary N) is 1. The fraction of sp³-hybridized carbons (Fsp3) is 0.406. The molecule has 0 spiro atoms. The van der Waals surface area contributed by atoms with Gasteiger partial charge in [0.05, 0.1) is 31.4 Å². The van der Waals surface area contributed by atoms with Crippen LogP contribution >= 0.6 is 0 Å². The van der Waals surface area contributed by atoms with Crippen LogP contribution in [-0.4, -0.2) is 49.2 Å². The van der Waals surface area contributed by atoms with Gasteiger partial charge in [0.25, 0.3) is 0 Å². The number of nitrogens with zero attached hydrogens (tertiary/aromatic N) is 1. The summed E-state index contributed by atoms with van der Waals surface area (Å²) < 4.78 is 17.1. The molecule has 1 aromatic heterocycles. The van der Waals surface area contributed by atoms with Crippen LogP contribution in [0.2, 0.25) is 0 Å². The van der Waals surface area contributed by atoms with E-state index < -0.39 is 11.8 Å². The van der Waals surface area contributed by atoms with Crippen molar-refractivity contribution in [3.63, 3.8) is 0 Å². The first-order chi connectivity index (χ1) is 19.0. The Morgan fingerprint density at radius 3 is 2.64 bits per heavy atom. The summed E-state index contributed by atoms with van der Waals surface area (Å²) in [5.41, 5.74) is 4.15. The number of pyridine rings is 1. The van der Waals surface area contributed by atoms with E-state index in [2.05, 4.69) is 10.3 Å². The molecule has 7 heteroatoms. The van der Waals surface area contributed by atoms with Crippen LogP contribution in [0.5, 0.6) is 5.75 Å². The second-order valence-electron chi connectivity index (χ2n) is 10.8. The number of fused-ring (bicyclic) bond motifs is 2. The van der Waals surface area contributed by atoms with Crippen LogP contribution in [0.4, 0.5) is 0 Å². The normalized spacial score (nSPS) is 25.6. The van der Waals surface area contributed by atoms with Crippen molar-refractivity contribution in [2.75, 3.05) is 20.3 Å². The Bertz CT molecular complexity index is 1420. The Balaban J connectivity index is 1.42. The monoisotopic (exact) mass is 526 g/mol. The van der Waals surface area contributed by atoms with E-state index in [0.717, 1.165) is 39.9 Å². The molecular weight excluding hydrogens is 492 g/mol. The maximum Gasteiger partial charge on any atom is 0.336 e. The molecule has 0 radical (unpaired) electrons. The van der Waals surface area contributed by atoms with Crippen molar-refractivity contribution in [1.82, 2.24) is 10.3 Å². The second-order valence-corrected chi connectivity index (χ2v) is 10.8. The van der Waals surface area contributed by atoms with Crippen LogP contribution in [0.15, 0.2) is 72.1 Å². The van der Waals surface area contributed by atoms with Crippen LogP contribution in [0.25, 0.3) is 10.9 Å². The molecule has 0 amide bonds. The Hall–Kier alpha value is -3.71. The molecule has 4 atom stereocenters. The fourth-order valence-electron chi connectivity index (χ4n) is 6.75. The molecule has 3 aliphatic rings. The number of methoxy groups -OCH3 is 1. The zero-order valence-electron chi connectivity index (χ0n) is 22.4. The number of ether oxygens (including phenoxy) is 3. The number of allylic oxidation sites excluding steroid dienone is 1. The maximum absolute atomic E-state index is 14.1. The highest BCUT2D eigenvalue weighted by molar-refractivity contribution is 5.97. The third kappa shape index (κ3) is 4.80. The molecule has 2 fully saturated rings. The average Bonchev–Trinajstić information content (AvgIpc) is 2.96. The second kappa shape index (κ2) is 10.8. The molecule has 7 nitrogen and oxygen atoms in total. The van der Waals surface area contributed by atoms with Crippen molar-refractivity contribution in [2.24, 2.45) is 5.92 Å². The first kappa shape index (κ1) is 25.6. The number of rotatable bonds is 5. The molecule has 2 unspecified atom stereocenters. The van der Waals surface area contributed by atoms with Gasteiger partial charge in [0.2, 0.25) is 0 Å². The van der Waals surface area contributed by atoms with Crippen molar-refractivity contribution >= 4 is 22.7 Å². The molecule has 1 aliphatic carbocycles. The Morgan fingerprint density at radius 1 is 1.03 bits per heavy atom. The van der Waals surface area contributed by atoms with E-state index in [1.54, 1.807) is 13.3 Å². The van der Waals surface area contributed by atoms with Crippen LogP contribution < -0.4 is 10.1 Å². The van der Waals surface area contributed by atoms with Gasteiger partial charge in [0.15, 0.2) is 0 Å². The van der Waals surface area contributed by atoms with Gasteiger partial charge in [0, 0.05) is 54.4 Å². The number of benzene rings is 2. The highest BCUT2D eigenvalue weighted by atomic mass is 16.6. The lowest BCUT2D eigenvalue weighted by molar-refractivity contribution is -0.149. The van der Waals surface area contributed by atoms with Gasteiger partial charge >= 0.3 is 5.97 Å². The minimum atomic E-state index is -0.428. The topological polar surface area (TPSA) is 86.8 Å². The minimum Gasteiger partial charge on any atom is -0.496 e. The van der Waals surface area contributed by atoms with Crippen molar-refractivity contribution < 1.29 is 23.8 Å². The lowest BCUT2D eigenvalue weighted by atomic mass is 9.64. The Kier molecular flexibility index (Phi) is 7.09. The van der Waals surface area contributed by atoms with Gasteiger partial charge in [-0.05, 0) is 48.6 Å². The van der Waals surface area contributed by atoms with Crippen molar-refractivity contribution in [1.29, 1.82) is 0 Å². The van der Waals surface area contributed by atoms with Gasteiger partial charge < -0.3 is 19.5 Å². The minimum absolute atomic E-state index is 0.0285. The summed E-state index contributed by atoms with van der Waals surface area (Å²) in [4.78, 5) is 32.5. The average molecular weight is 527 g/mol. The molecule has 1 saturated carbocycles. The van der Waals surface area contributed by atoms with E-state index in [1.807, 2.05) is 61.5 Å². The molecule has 2 aromatic carbocycles. The summed E-state index contributed by atoms with van der Waals surface area (Å²) in [5, 5.41) is 4.53. The van der Waals surface area contributed by atoms with Crippen LogP contribution in [-0.2, 0) is 19.1 Å². The summed E-state index contributed by atoms with van der Waals surface area (Å²) in [6, 6.07) is 17.7. The highest BCUT2D eigenvalue weighted by Crippen LogP contribution is 2.49. The van der Waals surface area contributed by atoms with Crippen LogP contribution in [0.3, 0.4) is 0 Å². The van der Waals surface area contributed by atoms with Crippen LogP contribution in [0.1, 0.15) is 55.6 Å². The van der Waals surface area contributed by atoms with Crippen molar-refractivity contribution in [3.05, 3.63) is 83.2 Å². The number of esters is 1. The smallest absolute Gasteiger partial charge is 0.336 e.